The molecule has 0 radical (unpaired) electrons. The summed E-state index contributed by atoms with van der Waals surface area (Å²) in [4.78, 5) is 13.3. The fourth-order valence-electron chi connectivity index (χ4n) is 1.79. The van der Waals surface area contributed by atoms with Crippen LogP contribution in [0, 0.1) is 6.92 Å². The van der Waals surface area contributed by atoms with Crippen LogP contribution in [0.25, 0.3) is 0 Å². The highest BCUT2D eigenvalue weighted by Gasteiger charge is 2.18. The largest absolute Gasteiger partial charge is 0.328 e. The lowest BCUT2D eigenvalue weighted by Gasteiger charge is -2.14. The quantitative estimate of drug-likeness (QED) is 0.900. The van der Waals surface area contributed by atoms with Crippen LogP contribution in [-0.2, 0) is 10.0 Å². The van der Waals surface area contributed by atoms with E-state index < -0.39 is 10.0 Å². The maximum Gasteiger partial charge on any atom is 0.247 e. The van der Waals surface area contributed by atoms with Crippen LogP contribution >= 0.6 is 0 Å². The van der Waals surface area contributed by atoms with Gasteiger partial charge in [0.1, 0.15) is 0 Å². The number of H-pyrrole nitrogens is 1. The average molecular weight is 292 g/mol. The van der Waals surface area contributed by atoms with E-state index in [-0.39, 0.29) is 16.5 Å². The van der Waals surface area contributed by atoms with E-state index in [0.29, 0.717) is 0 Å². The van der Waals surface area contributed by atoms with Crippen molar-refractivity contribution in [2.24, 2.45) is 0 Å². The second kappa shape index (κ2) is 5.60. The number of aryl methyl sites for hydroxylation is 1. The Morgan fingerprint density at radius 3 is 2.30 bits per heavy atom. The molecule has 2 N–H and O–H groups in total. The van der Waals surface area contributed by atoms with Gasteiger partial charge in [-0.05, 0) is 25.5 Å². The van der Waals surface area contributed by atoms with Crippen LogP contribution in [-0.4, -0.2) is 13.4 Å². The molecule has 0 bridgehead atoms. The smallest absolute Gasteiger partial charge is 0.247 e. The van der Waals surface area contributed by atoms with Crippen molar-refractivity contribution in [3.05, 3.63) is 64.1 Å². The van der Waals surface area contributed by atoms with E-state index in [4.69, 9.17) is 0 Å². The van der Waals surface area contributed by atoms with Gasteiger partial charge >= 0.3 is 0 Å². The number of pyridine rings is 1. The molecule has 2 rings (SSSR count). The van der Waals surface area contributed by atoms with Crippen molar-refractivity contribution in [3.63, 3.8) is 0 Å². The van der Waals surface area contributed by atoms with Gasteiger partial charge in [0, 0.05) is 18.3 Å². The third kappa shape index (κ3) is 3.34. The van der Waals surface area contributed by atoms with Crippen molar-refractivity contribution >= 4 is 10.0 Å². The molecule has 0 spiro atoms. The predicted molar refractivity (Wildman–Crippen MR) is 77.0 cm³/mol. The van der Waals surface area contributed by atoms with Crippen LogP contribution in [0.15, 0.2) is 52.3 Å². The summed E-state index contributed by atoms with van der Waals surface area (Å²) in [7, 11) is -3.65. The Hall–Kier alpha value is -1.92. The van der Waals surface area contributed by atoms with Crippen molar-refractivity contribution in [2.75, 3.05) is 0 Å². The Labute approximate surface area is 117 Å². The van der Waals surface area contributed by atoms with Gasteiger partial charge in [0.15, 0.2) is 0 Å². The Bertz CT molecular complexity index is 728. The summed E-state index contributed by atoms with van der Waals surface area (Å²) in [6, 6.07) is 9.74. The van der Waals surface area contributed by atoms with Gasteiger partial charge in [0.25, 0.3) is 0 Å². The first kappa shape index (κ1) is 14.5. The van der Waals surface area contributed by atoms with Crippen LogP contribution in [0.5, 0.6) is 0 Å². The van der Waals surface area contributed by atoms with E-state index in [1.807, 2.05) is 31.2 Å². The van der Waals surface area contributed by atoms with Crippen molar-refractivity contribution < 1.29 is 8.42 Å². The maximum atomic E-state index is 12.2. The van der Waals surface area contributed by atoms with Gasteiger partial charge in [-0.2, -0.15) is 0 Å². The van der Waals surface area contributed by atoms with Crippen LogP contribution in [0.1, 0.15) is 24.1 Å². The highest BCUT2D eigenvalue weighted by Crippen LogP contribution is 2.16. The molecule has 1 unspecified atom stereocenters. The molecule has 106 valence electrons. The highest BCUT2D eigenvalue weighted by atomic mass is 32.2. The highest BCUT2D eigenvalue weighted by molar-refractivity contribution is 7.89. The van der Waals surface area contributed by atoms with Crippen molar-refractivity contribution in [3.8, 4) is 0 Å². The monoisotopic (exact) mass is 292 g/mol. The number of aromatic nitrogens is 1. The van der Waals surface area contributed by atoms with Crippen molar-refractivity contribution in [1.82, 2.24) is 9.71 Å². The molecule has 0 fully saturated rings. The SMILES string of the molecule is Cc1ccc(C(C)NS(=O)(=O)c2ccc(=O)[nH]c2)cc1. The van der Waals surface area contributed by atoms with Gasteiger partial charge in [-0.1, -0.05) is 29.8 Å². The van der Waals surface area contributed by atoms with E-state index in [0.717, 1.165) is 11.1 Å². The second-order valence-corrected chi connectivity index (χ2v) is 6.36. The third-order valence-electron chi connectivity index (χ3n) is 2.98. The number of aromatic amines is 1. The van der Waals surface area contributed by atoms with E-state index >= 15 is 0 Å². The van der Waals surface area contributed by atoms with E-state index in [1.165, 1.54) is 18.3 Å². The van der Waals surface area contributed by atoms with Gasteiger partial charge in [-0.25, -0.2) is 13.1 Å². The number of rotatable bonds is 4. The molecule has 0 aliphatic heterocycles. The number of hydrogen-bond donors (Lipinski definition) is 2. The van der Waals surface area contributed by atoms with Gasteiger partial charge in [0.2, 0.25) is 15.6 Å². The molecule has 1 aromatic heterocycles. The molecule has 0 saturated carbocycles. The first-order valence-corrected chi connectivity index (χ1v) is 7.64. The van der Waals surface area contributed by atoms with E-state index in [2.05, 4.69) is 9.71 Å². The summed E-state index contributed by atoms with van der Waals surface area (Å²) >= 11 is 0. The van der Waals surface area contributed by atoms with Crippen LogP contribution in [0.3, 0.4) is 0 Å². The molecule has 0 amide bonds. The van der Waals surface area contributed by atoms with Crippen LogP contribution < -0.4 is 10.3 Å². The summed E-state index contributed by atoms with van der Waals surface area (Å²) < 4.78 is 26.9. The lowest BCUT2D eigenvalue weighted by atomic mass is 10.1. The first-order chi connectivity index (χ1) is 9.38. The van der Waals surface area contributed by atoms with Crippen LogP contribution in [0.4, 0.5) is 0 Å². The molecular formula is C14H16N2O3S. The van der Waals surface area contributed by atoms with E-state index in [9.17, 15) is 13.2 Å². The van der Waals surface area contributed by atoms with Crippen molar-refractivity contribution in [2.45, 2.75) is 24.8 Å². The minimum atomic E-state index is -3.65. The Kier molecular flexibility index (Phi) is 4.06. The maximum absolute atomic E-state index is 12.2. The van der Waals surface area contributed by atoms with Gasteiger partial charge in [0.05, 0.1) is 4.90 Å². The van der Waals surface area contributed by atoms with Crippen LogP contribution in [0.2, 0.25) is 0 Å². The fourth-order valence-corrected chi connectivity index (χ4v) is 2.99. The molecular weight excluding hydrogens is 276 g/mol. The fraction of sp³-hybridized carbons (Fsp3) is 0.214. The topological polar surface area (TPSA) is 79.0 Å². The zero-order valence-corrected chi connectivity index (χ0v) is 12.1. The minimum Gasteiger partial charge on any atom is -0.328 e. The molecule has 6 heteroatoms. The molecule has 5 nitrogen and oxygen atoms in total. The first-order valence-electron chi connectivity index (χ1n) is 6.16. The zero-order valence-electron chi connectivity index (χ0n) is 11.3. The lowest BCUT2D eigenvalue weighted by Crippen LogP contribution is -2.27. The molecule has 0 saturated heterocycles. The Morgan fingerprint density at radius 1 is 1.10 bits per heavy atom. The summed E-state index contributed by atoms with van der Waals surface area (Å²) in [6.07, 6.45) is 1.19. The normalized spacial score (nSPS) is 13.1. The lowest BCUT2D eigenvalue weighted by molar-refractivity contribution is 0.566. The summed E-state index contributed by atoms with van der Waals surface area (Å²) in [5, 5.41) is 0. The standard InChI is InChI=1S/C14H16N2O3S/c1-10-3-5-12(6-4-10)11(2)16-20(18,19)13-7-8-14(17)15-9-13/h3-9,11,16H,1-2H3,(H,15,17). The number of benzene rings is 1. The molecule has 2 aromatic rings. The molecule has 1 heterocycles. The Morgan fingerprint density at radius 2 is 1.75 bits per heavy atom. The van der Waals surface area contributed by atoms with Gasteiger partial charge in [-0.3, -0.25) is 4.79 Å². The third-order valence-corrected chi connectivity index (χ3v) is 4.51. The summed E-state index contributed by atoms with van der Waals surface area (Å²) in [6.45, 7) is 3.74. The number of hydrogen-bond acceptors (Lipinski definition) is 3. The zero-order chi connectivity index (χ0) is 14.8. The molecule has 1 aromatic carbocycles. The summed E-state index contributed by atoms with van der Waals surface area (Å²) in [5.74, 6) is 0. The Balaban J connectivity index is 2.21. The van der Waals surface area contributed by atoms with E-state index in [1.54, 1.807) is 6.92 Å². The second-order valence-electron chi connectivity index (χ2n) is 4.64. The van der Waals surface area contributed by atoms with Gasteiger partial charge < -0.3 is 4.98 Å². The molecule has 20 heavy (non-hydrogen) atoms. The number of sulfonamides is 1. The van der Waals surface area contributed by atoms with Gasteiger partial charge in [-0.15, -0.1) is 0 Å². The molecule has 0 aliphatic rings. The van der Waals surface area contributed by atoms with Crippen molar-refractivity contribution in [1.29, 1.82) is 0 Å². The minimum absolute atomic E-state index is 0.0380. The average Bonchev–Trinajstić information content (AvgIpc) is 2.39. The molecule has 0 aliphatic carbocycles. The number of nitrogens with one attached hydrogen (secondary N) is 2. The predicted octanol–water partition coefficient (Wildman–Crippen LogP) is 1.72. The summed E-state index contributed by atoms with van der Waals surface area (Å²) in [5.41, 5.74) is 1.66. The molecule has 1 atom stereocenters.